The van der Waals surface area contributed by atoms with Crippen LogP contribution in [0.15, 0.2) is 16.8 Å². The molecule has 92 valence electrons. The van der Waals surface area contributed by atoms with Gasteiger partial charge in [-0.15, -0.1) is 0 Å². The van der Waals surface area contributed by atoms with Gasteiger partial charge >= 0.3 is 3.93 Å². The van der Waals surface area contributed by atoms with Crippen LogP contribution in [0.5, 0.6) is 0 Å². The van der Waals surface area contributed by atoms with E-state index in [4.69, 9.17) is 10.5 Å². The monoisotopic (exact) mass is 344 g/mol. The van der Waals surface area contributed by atoms with E-state index in [0.717, 1.165) is 28.3 Å². The average Bonchev–Trinajstić information content (AvgIpc) is 2.38. The molecule has 0 radical (unpaired) electrons. The highest BCUT2D eigenvalue weighted by Crippen LogP contribution is 2.24. The molecule has 1 heterocycles. The Morgan fingerprint density at radius 1 is 1.69 bits per heavy atom. The van der Waals surface area contributed by atoms with Crippen LogP contribution in [0.2, 0.25) is 0 Å². The lowest BCUT2D eigenvalue weighted by Gasteiger charge is -2.16. The Kier molecular flexibility index (Phi) is 5.26. The summed E-state index contributed by atoms with van der Waals surface area (Å²) < 4.78 is 27.5. The Balaban J connectivity index is 2.46. The molecule has 1 aliphatic heterocycles. The Hall–Kier alpha value is -0.0800. The third kappa shape index (κ3) is 5.31. The van der Waals surface area contributed by atoms with E-state index >= 15 is 0 Å². The van der Waals surface area contributed by atoms with Crippen LogP contribution in [-0.4, -0.2) is 28.9 Å². The first kappa shape index (κ1) is 14.0. The van der Waals surface area contributed by atoms with Crippen LogP contribution in [-0.2, 0) is 4.74 Å². The molecule has 0 bridgehead atoms. The lowest BCUT2D eigenvalue weighted by Crippen LogP contribution is -2.22. The summed E-state index contributed by atoms with van der Waals surface area (Å²) in [5, 5.41) is 0. The van der Waals surface area contributed by atoms with Gasteiger partial charge in [0.15, 0.2) is 0 Å². The van der Waals surface area contributed by atoms with Gasteiger partial charge in [0.25, 0.3) is 0 Å². The van der Waals surface area contributed by atoms with E-state index in [1.165, 1.54) is 0 Å². The van der Waals surface area contributed by atoms with Crippen molar-refractivity contribution in [3.8, 4) is 0 Å². The predicted molar refractivity (Wildman–Crippen MR) is 68.2 cm³/mol. The minimum atomic E-state index is -2.81. The normalized spacial score (nSPS) is 23.8. The van der Waals surface area contributed by atoms with E-state index in [1.807, 2.05) is 13.0 Å². The third-order valence-electron chi connectivity index (χ3n) is 2.15. The second-order valence-electron chi connectivity index (χ2n) is 3.75. The second-order valence-corrected chi connectivity index (χ2v) is 5.33. The SMILES string of the molecule is CC(N)C1=CCC(OCC(F)(F)I)CC=N1. The summed E-state index contributed by atoms with van der Waals surface area (Å²) in [5.41, 5.74) is 6.47. The summed E-state index contributed by atoms with van der Waals surface area (Å²) in [6, 6.07) is -0.138. The molecule has 0 saturated heterocycles. The van der Waals surface area contributed by atoms with Crippen LogP contribution in [0.25, 0.3) is 0 Å². The molecule has 16 heavy (non-hydrogen) atoms. The van der Waals surface area contributed by atoms with Crippen molar-refractivity contribution in [2.45, 2.75) is 35.8 Å². The maximum absolute atomic E-state index is 12.6. The van der Waals surface area contributed by atoms with E-state index in [9.17, 15) is 8.78 Å². The standard InChI is InChI=1S/C10H15F2IN2O/c1-7(14)9-3-2-8(4-5-15-9)16-6-10(11,12)13/h3,5,7-8H,2,4,6,14H2,1H3. The molecule has 0 aromatic heterocycles. The van der Waals surface area contributed by atoms with Crippen molar-refractivity contribution in [3.05, 3.63) is 11.8 Å². The summed E-state index contributed by atoms with van der Waals surface area (Å²) in [6.45, 7) is 1.27. The molecule has 0 aliphatic carbocycles. The molecule has 1 aliphatic rings. The zero-order valence-electron chi connectivity index (χ0n) is 9.00. The lowest BCUT2D eigenvalue weighted by molar-refractivity contribution is -0.0292. The average molecular weight is 344 g/mol. The van der Waals surface area contributed by atoms with E-state index in [-0.39, 0.29) is 12.1 Å². The number of hydrogen-bond acceptors (Lipinski definition) is 3. The summed E-state index contributed by atoms with van der Waals surface area (Å²) in [5.74, 6) is 0. The van der Waals surface area contributed by atoms with Crippen LogP contribution in [0.4, 0.5) is 8.78 Å². The molecule has 0 fully saturated rings. The lowest BCUT2D eigenvalue weighted by atomic mass is 10.1. The molecular formula is C10H15F2IN2O. The molecule has 1 rings (SSSR count). The minimum absolute atomic E-state index is 0.138. The van der Waals surface area contributed by atoms with E-state index in [1.54, 1.807) is 6.21 Å². The highest BCUT2D eigenvalue weighted by atomic mass is 127. The quantitative estimate of drug-likeness (QED) is 0.629. The van der Waals surface area contributed by atoms with Gasteiger partial charge < -0.3 is 10.5 Å². The maximum atomic E-state index is 12.6. The molecule has 2 N–H and O–H groups in total. The van der Waals surface area contributed by atoms with E-state index in [2.05, 4.69) is 4.99 Å². The van der Waals surface area contributed by atoms with Crippen molar-refractivity contribution in [2.24, 2.45) is 10.7 Å². The fourth-order valence-electron chi connectivity index (χ4n) is 1.33. The number of aliphatic imine (C=N–C) groups is 1. The van der Waals surface area contributed by atoms with Crippen LogP contribution >= 0.6 is 22.6 Å². The molecule has 6 heteroatoms. The third-order valence-corrected chi connectivity index (χ3v) is 2.46. The maximum Gasteiger partial charge on any atom is 0.319 e. The van der Waals surface area contributed by atoms with Crippen molar-refractivity contribution in [3.63, 3.8) is 0 Å². The van der Waals surface area contributed by atoms with E-state index < -0.39 is 10.5 Å². The topological polar surface area (TPSA) is 47.6 Å². The Labute approximate surface area is 107 Å². The first-order valence-electron chi connectivity index (χ1n) is 5.05. The van der Waals surface area contributed by atoms with Gasteiger partial charge in [-0.1, -0.05) is 6.08 Å². The molecule has 0 saturated carbocycles. The van der Waals surface area contributed by atoms with Crippen molar-refractivity contribution in [1.29, 1.82) is 0 Å². The molecule has 3 nitrogen and oxygen atoms in total. The Bertz CT molecular complexity index is 287. The number of rotatable bonds is 4. The van der Waals surface area contributed by atoms with Crippen LogP contribution in [0.1, 0.15) is 19.8 Å². The van der Waals surface area contributed by atoms with Crippen molar-refractivity contribution >= 4 is 28.8 Å². The molecule has 2 unspecified atom stereocenters. The summed E-state index contributed by atoms with van der Waals surface area (Å²) in [7, 11) is 0. The van der Waals surface area contributed by atoms with Gasteiger partial charge in [0.05, 0.1) is 11.8 Å². The Morgan fingerprint density at radius 2 is 2.38 bits per heavy atom. The summed E-state index contributed by atoms with van der Waals surface area (Å²) >= 11 is 1.07. The summed E-state index contributed by atoms with van der Waals surface area (Å²) in [4.78, 5) is 4.16. The molecule has 2 atom stereocenters. The van der Waals surface area contributed by atoms with Gasteiger partial charge in [-0.05, 0) is 13.3 Å². The van der Waals surface area contributed by atoms with E-state index in [0.29, 0.717) is 12.8 Å². The first-order valence-corrected chi connectivity index (χ1v) is 6.13. The molecular weight excluding hydrogens is 329 g/mol. The highest BCUT2D eigenvalue weighted by molar-refractivity contribution is 14.1. The first-order chi connectivity index (χ1) is 7.38. The zero-order valence-corrected chi connectivity index (χ0v) is 11.2. The number of ether oxygens (including phenoxy) is 1. The fourth-order valence-corrected chi connectivity index (χ4v) is 1.51. The number of alkyl halides is 3. The molecule has 0 spiro atoms. The van der Waals surface area contributed by atoms with Crippen LogP contribution in [0.3, 0.4) is 0 Å². The highest BCUT2D eigenvalue weighted by Gasteiger charge is 2.26. The number of hydrogen-bond donors (Lipinski definition) is 1. The van der Waals surface area contributed by atoms with Gasteiger partial charge in [-0.3, -0.25) is 4.99 Å². The van der Waals surface area contributed by atoms with Crippen molar-refractivity contribution < 1.29 is 13.5 Å². The number of nitrogens with zero attached hydrogens (tertiary/aromatic N) is 1. The smallest absolute Gasteiger partial charge is 0.319 e. The largest absolute Gasteiger partial charge is 0.370 e. The number of halogens is 3. The number of nitrogens with two attached hydrogens (primary N) is 1. The van der Waals surface area contributed by atoms with Gasteiger partial charge in [0, 0.05) is 41.3 Å². The van der Waals surface area contributed by atoms with Crippen LogP contribution in [0, 0.1) is 0 Å². The predicted octanol–water partition coefficient (Wildman–Crippen LogP) is 2.50. The van der Waals surface area contributed by atoms with Gasteiger partial charge in [-0.2, -0.15) is 8.78 Å². The van der Waals surface area contributed by atoms with Crippen LogP contribution < -0.4 is 5.73 Å². The second kappa shape index (κ2) is 6.02. The molecule has 0 aromatic carbocycles. The zero-order chi connectivity index (χ0) is 12.2. The fraction of sp³-hybridized carbons (Fsp3) is 0.700. The van der Waals surface area contributed by atoms with Crippen molar-refractivity contribution in [1.82, 2.24) is 0 Å². The minimum Gasteiger partial charge on any atom is -0.370 e. The molecule has 0 aromatic rings. The van der Waals surface area contributed by atoms with Gasteiger partial charge in [-0.25, -0.2) is 0 Å². The Morgan fingerprint density at radius 3 is 2.94 bits per heavy atom. The van der Waals surface area contributed by atoms with Gasteiger partial charge in [0.1, 0.15) is 6.61 Å². The van der Waals surface area contributed by atoms with Crippen molar-refractivity contribution in [2.75, 3.05) is 6.61 Å². The summed E-state index contributed by atoms with van der Waals surface area (Å²) in [6.07, 6.45) is 4.41. The molecule has 0 amide bonds. The van der Waals surface area contributed by atoms with Gasteiger partial charge in [0.2, 0.25) is 0 Å².